The van der Waals surface area contributed by atoms with Crippen molar-refractivity contribution >= 4 is 22.1 Å². The Morgan fingerprint density at radius 1 is 0.435 bits per heavy atom. The third-order valence-corrected chi connectivity index (χ3v) is 3.51. The second-order valence-electron chi connectivity index (χ2n) is 5.17. The Balaban J connectivity index is 0.000000220. The molecule has 0 radical (unpaired) electrons. The number of hydrogen-bond acceptors (Lipinski definition) is 1. The van der Waals surface area contributed by atoms with Gasteiger partial charge in [-0.15, -0.1) is 0 Å². The molecule has 0 aliphatic rings. The monoisotopic (exact) mass is 297 g/mol. The van der Waals surface area contributed by atoms with Crippen molar-refractivity contribution in [3.05, 3.63) is 109 Å². The van der Waals surface area contributed by atoms with Gasteiger partial charge in [0.25, 0.3) is 0 Å². The van der Waals surface area contributed by atoms with Crippen LogP contribution in [0.5, 0.6) is 0 Å². The largest absolute Gasteiger partial charge is 0.355 e. The summed E-state index contributed by atoms with van der Waals surface area (Å²) >= 11 is 0. The van der Waals surface area contributed by atoms with Gasteiger partial charge in [-0.25, -0.2) is 0 Å². The number of para-hydroxylation sites is 1. The predicted molar refractivity (Wildman–Crippen MR) is 100 cm³/mol. The highest BCUT2D eigenvalue weighted by molar-refractivity contribution is 5.95. The summed E-state index contributed by atoms with van der Waals surface area (Å²) in [6.07, 6.45) is 0. The molecule has 4 aromatic carbocycles. The maximum atomic E-state index is 3.45. The van der Waals surface area contributed by atoms with Gasteiger partial charge in [-0.05, 0) is 23.6 Å². The van der Waals surface area contributed by atoms with Crippen molar-refractivity contribution < 1.29 is 0 Å². The summed E-state index contributed by atoms with van der Waals surface area (Å²) in [4.78, 5) is 0. The van der Waals surface area contributed by atoms with E-state index >= 15 is 0 Å². The molecular weight excluding hydrogens is 278 g/mol. The van der Waals surface area contributed by atoms with Gasteiger partial charge in [0.15, 0.2) is 0 Å². The normalized spacial score (nSPS) is 9.74. The molecule has 1 nitrogen and oxygen atoms in total. The molecule has 4 rings (SSSR count). The van der Waals surface area contributed by atoms with E-state index in [0.717, 1.165) is 11.4 Å². The van der Waals surface area contributed by atoms with Gasteiger partial charge in [-0.3, -0.25) is 0 Å². The SMILES string of the molecule is c1ccc(Nc2cccc3ccccc23)cc1.c1ccccc1. The zero-order valence-electron chi connectivity index (χ0n) is 12.9. The predicted octanol–water partition coefficient (Wildman–Crippen LogP) is 6.27. The lowest BCUT2D eigenvalue weighted by Gasteiger charge is -2.09. The number of fused-ring (bicyclic) bond motifs is 1. The Morgan fingerprint density at radius 2 is 0.957 bits per heavy atom. The van der Waals surface area contributed by atoms with E-state index in [4.69, 9.17) is 0 Å². The molecule has 0 fully saturated rings. The van der Waals surface area contributed by atoms with Crippen LogP contribution in [0, 0.1) is 0 Å². The molecule has 1 N–H and O–H groups in total. The lowest BCUT2D eigenvalue weighted by atomic mass is 10.1. The second-order valence-corrected chi connectivity index (χ2v) is 5.17. The average molecular weight is 297 g/mol. The molecule has 0 heterocycles. The zero-order chi connectivity index (χ0) is 15.7. The molecule has 0 amide bonds. The summed E-state index contributed by atoms with van der Waals surface area (Å²) in [5.41, 5.74) is 2.26. The van der Waals surface area contributed by atoms with Gasteiger partial charge < -0.3 is 5.32 Å². The smallest absolute Gasteiger partial charge is 0.0463 e. The Bertz CT molecular complexity index is 807. The number of nitrogens with one attached hydrogen (secondary N) is 1. The van der Waals surface area contributed by atoms with Crippen LogP contribution < -0.4 is 5.32 Å². The zero-order valence-corrected chi connectivity index (χ0v) is 12.9. The highest BCUT2D eigenvalue weighted by Gasteiger charge is 1.99. The van der Waals surface area contributed by atoms with Crippen LogP contribution in [0.1, 0.15) is 0 Å². The van der Waals surface area contributed by atoms with Gasteiger partial charge in [0.05, 0.1) is 0 Å². The summed E-state index contributed by atoms with van der Waals surface area (Å²) in [7, 11) is 0. The third kappa shape index (κ3) is 4.21. The number of anilines is 2. The summed E-state index contributed by atoms with van der Waals surface area (Å²) in [6, 6.07) is 37.0. The Morgan fingerprint density at radius 3 is 1.65 bits per heavy atom. The summed E-state index contributed by atoms with van der Waals surface area (Å²) in [5, 5.41) is 5.95. The Labute approximate surface area is 137 Å². The Hall–Kier alpha value is -3.06. The third-order valence-electron chi connectivity index (χ3n) is 3.51. The minimum Gasteiger partial charge on any atom is -0.355 e. The molecule has 112 valence electrons. The van der Waals surface area contributed by atoms with Crippen LogP contribution in [-0.4, -0.2) is 0 Å². The van der Waals surface area contributed by atoms with Crippen LogP contribution in [0.4, 0.5) is 11.4 Å². The second kappa shape index (κ2) is 7.81. The average Bonchev–Trinajstić information content (AvgIpc) is 2.65. The molecule has 1 heteroatoms. The van der Waals surface area contributed by atoms with E-state index in [1.807, 2.05) is 54.6 Å². The van der Waals surface area contributed by atoms with Gasteiger partial charge in [0.2, 0.25) is 0 Å². The van der Waals surface area contributed by atoms with Crippen molar-refractivity contribution in [2.45, 2.75) is 0 Å². The molecule has 0 spiro atoms. The van der Waals surface area contributed by atoms with Crippen LogP contribution in [0.15, 0.2) is 109 Å². The quantitative estimate of drug-likeness (QED) is 0.460. The van der Waals surface area contributed by atoms with Gasteiger partial charge >= 0.3 is 0 Å². The van der Waals surface area contributed by atoms with E-state index in [0.29, 0.717) is 0 Å². The fraction of sp³-hybridized carbons (Fsp3) is 0. The van der Waals surface area contributed by atoms with E-state index in [1.54, 1.807) is 0 Å². The first-order chi connectivity index (χ1) is 11.4. The lowest BCUT2D eigenvalue weighted by Crippen LogP contribution is -1.90. The first kappa shape index (κ1) is 14.9. The van der Waals surface area contributed by atoms with Gasteiger partial charge in [0, 0.05) is 16.8 Å². The van der Waals surface area contributed by atoms with Crippen molar-refractivity contribution in [1.29, 1.82) is 0 Å². The van der Waals surface area contributed by atoms with E-state index in [9.17, 15) is 0 Å². The summed E-state index contributed by atoms with van der Waals surface area (Å²) < 4.78 is 0. The van der Waals surface area contributed by atoms with Crippen LogP contribution in [0.2, 0.25) is 0 Å². The maximum Gasteiger partial charge on any atom is 0.0463 e. The van der Waals surface area contributed by atoms with Crippen molar-refractivity contribution in [3.8, 4) is 0 Å². The van der Waals surface area contributed by atoms with Crippen molar-refractivity contribution in [2.24, 2.45) is 0 Å². The van der Waals surface area contributed by atoms with E-state index in [2.05, 4.69) is 59.9 Å². The van der Waals surface area contributed by atoms with E-state index in [1.165, 1.54) is 10.8 Å². The molecule has 0 unspecified atom stereocenters. The molecule has 0 saturated heterocycles. The highest BCUT2D eigenvalue weighted by atomic mass is 14.9. The van der Waals surface area contributed by atoms with Crippen LogP contribution in [-0.2, 0) is 0 Å². The first-order valence-corrected chi connectivity index (χ1v) is 7.73. The molecule has 4 aromatic rings. The van der Waals surface area contributed by atoms with Gasteiger partial charge in [0.1, 0.15) is 0 Å². The minimum atomic E-state index is 1.11. The molecule has 0 aromatic heterocycles. The van der Waals surface area contributed by atoms with Gasteiger partial charge in [-0.2, -0.15) is 0 Å². The molecule has 0 aliphatic heterocycles. The Kier molecular flexibility index (Phi) is 5.04. The summed E-state index contributed by atoms with van der Waals surface area (Å²) in [6.45, 7) is 0. The molecular formula is C22H19N. The fourth-order valence-electron chi connectivity index (χ4n) is 2.40. The molecule has 0 saturated carbocycles. The van der Waals surface area contributed by atoms with Crippen LogP contribution in [0.25, 0.3) is 10.8 Å². The van der Waals surface area contributed by atoms with Crippen LogP contribution >= 0.6 is 0 Å². The van der Waals surface area contributed by atoms with Crippen molar-refractivity contribution in [2.75, 3.05) is 5.32 Å². The number of hydrogen-bond donors (Lipinski definition) is 1. The standard InChI is InChI=1S/C16H13N.C6H6/c1-2-9-14(10-3-1)17-16-12-6-8-13-7-4-5-11-15(13)16;1-2-4-6-5-3-1/h1-12,17H;1-6H. The molecule has 0 bridgehead atoms. The van der Waals surface area contributed by atoms with E-state index < -0.39 is 0 Å². The van der Waals surface area contributed by atoms with E-state index in [-0.39, 0.29) is 0 Å². The van der Waals surface area contributed by atoms with Gasteiger partial charge in [-0.1, -0.05) is 91.0 Å². The van der Waals surface area contributed by atoms with Crippen molar-refractivity contribution in [3.63, 3.8) is 0 Å². The molecule has 0 atom stereocenters. The maximum absolute atomic E-state index is 3.45. The number of benzene rings is 4. The molecule has 23 heavy (non-hydrogen) atoms. The molecule has 0 aliphatic carbocycles. The minimum absolute atomic E-state index is 1.11. The highest BCUT2D eigenvalue weighted by Crippen LogP contribution is 2.25. The first-order valence-electron chi connectivity index (χ1n) is 7.73. The fourth-order valence-corrected chi connectivity index (χ4v) is 2.40. The lowest BCUT2D eigenvalue weighted by molar-refractivity contribution is 1.58. The summed E-state index contributed by atoms with van der Waals surface area (Å²) in [5.74, 6) is 0. The van der Waals surface area contributed by atoms with Crippen LogP contribution in [0.3, 0.4) is 0 Å². The number of rotatable bonds is 2. The topological polar surface area (TPSA) is 12.0 Å². The van der Waals surface area contributed by atoms with Crippen molar-refractivity contribution in [1.82, 2.24) is 0 Å².